The SMILES string of the molecule is CS(=O)(=O)NOOC(=O)c1cc(Oc2ccc(C(F)(F)F)cc2Cl)ccc1[N+](=O)[O-]. The summed E-state index contributed by atoms with van der Waals surface area (Å²) in [4.78, 5) is 31.6. The number of hydrogen-bond acceptors (Lipinski definition) is 8. The van der Waals surface area contributed by atoms with E-state index in [0.29, 0.717) is 18.4 Å². The van der Waals surface area contributed by atoms with Crippen molar-refractivity contribution in [2.24, 2.45) is 0 Å². The topological polar surface area (TPSA) is 134 Å². The molecule has 0 amide bonds. The van der Waals surface area contributed by atoms with Gasteiger partial charge in [-0.2, -0.15) is 13.2 Å². The first kappa shape index (κ1) is 23.3. The molecule has 0 unspecified atom stereocenters. The molecule has 2 rings (SSSR count). The van der Waals surface area contributed by atoms with E-state index in [1.165, 1.54) is 4.89 Å². The number of nitrogens with zero attached hydrogens (tertiary/aromatic N) is 1. The number of carbonyl (C=O) groups is 1. The molecule has 0 saturated carbocycles. The molecular weight excluding hydrogens is 461 g/mol. The summed E-state index contributed by atoms with van der Waals surface area (Å²) in [5.74, 6) is -1.90. The molecule has 0 aliphatic heterocycles. The van der Waals surface area contributed by atoms with Gasteiger partial charge in [-0.25, -0.2) is 13.2 Å². The largest absolute Gasteiger partial charge is 0.456 e. The third-order valence-corrected chi connectivity index (χ3v) is 3.84. The van der Waals surface area contributed by atoms with E-state index in [1.54, 1.807) is 0 Å². The van der Waals surface area contributed by atoms with Gasteiger partial charge < -0.3 is 4.74 Å². The van der Waals surface area contributed by atoms with E-state index in [0.717, 1.165) is 24.3 Å². The van der Waals surface area contributed by atoms with Gasteiger partial charge >= 0.3 is 12.1 Å². The Morgan fingerprint density at radius 3 is 2.40 bits per heavy atom. The van der Waals surface area contributed by atoms with Crippen LogP contribution in [0.1, 0.15) is 15.9 Å². The van der Waals surface area contributed by atoms with Crippen LogP contribution in [0.5, 0.6) is 11.5 Å². The molecule has 15 heteroatoms. The average Bonchev–Trinajstić information content (AvgIpc) is 2.61. The molecule has 0 fully saturated rings. The summed E-state index contributed by atoms with van der Waals surface area (Å²) in [7, 11) is -3.90. The van der Waals surface area contributed by atoms with Gasteiger partial charge in [0, 0.05) is 12.1 Å². The molecule has 1 N–H and O–H groups in total. The van der Waals surface area contributed by atoms with Crippen molar-refractivity contribution in [1.82, 2.24) is 4.89 Å². The predicted molar refractivity (Wildman–Crippen MR) is 94.1 cm³/mol. The van der Waals surface area contributed by atoms with E-state index in [4.69, 9.17) is 16.3 Å². The first-order valence-electron chi connectivity index (χ1n) is 7.45. The molecule has 0 aromatic heterocycles. The van der Waals surface area contributed by atoms with E-state index in [1.807, 2.05) is 0 Å². The molecule has 0 aliphatic carbocycles. The molecule has 162 valence electrons. The minimum atomic E-state index is -4.63. The van der Waals surface area contributed by atoms with Gasteiger partial charge in [-0.15, -0.1) is 0 Å². The Hall–Kier alpha value is -2.94. The zero-order valence-corrected chi connectivity index (χ0v) is 16.2. The highest BCUT2D eigenvalue weighted by molar-refractivity contribution is 7.88. The fourth-order valence-corrected chi connectivity index (χ4v) is 2.33. The molecule has 10 nitrogen and oxygen atoms in total. The summed E-state index contributed by atoms with van der Waals surface area (Å²) >= 11 is 5.77. The number of alkyl halides is 3. The number of ether oxygens (including phenoxy) is 1. The quantitative estimate of drug-likeness (QED) is 0.368. The minimum absolute atomic E-state index is 0.217. The second-order valence-corrected chi connectivity index (χ2v) is 7.61. The second kappa shape index (κ2) is 8.83. The number of nitrogens with one attached hydrogen (secondary N) is 1. The Kier molecular flexibility index (Phi) is 6.87. The fourth-order valence-electron chi connectivity index (χ4n) is 1.95. The Morgan fingerprint density at radius 2 is 1.87 bits per heavy atom. The van der Waals surface area contributed by atoms with Gasteiger partial charge in [0.1, 0.15) is 17.1 Å². The monoisotopic (exact) mass is 470 g/mol. The van der Waals surface area contributed by atoms with Gasteiger partial charge in [0.2, 0.25) is 10.0 Å². The summed E-state index contributed by atoms with van der Waals surface area (Å²) in [5, 5.41) is 10.7. The first-order chi connectivity index (χ1) is 13.8. The number of rotatable bonds is 7. The van der Waals surface area contributed by atoms with Crippen LogP contribution in [0, 0.1) is 10.1 Å². The summed E-state index contributed by atoms with van der Waals surface area (Å²) in [6, 6.07) is 4.98. The lowest BCUT2D eigenvalue weighted by molar-refractivity contribution is -0.385. The number of nitro groups is 1. The van der Waals surface area contributed by atoms with Gasteiger partial charge in [-0.3, -0.25) is 15.0 Å². The average molecular weight is 471 g/mol. The molecule has 0 heterocycles. The molecule has 0 radical (unpaired) electrons. The van der Waals surface area contributed by atoms with Gasteiger partial charge in [-0.05, 0) is 24.3 Å². The first-order valence-corrected chi connectivity index (χ1v) is 9.72. The lowest BCUT2D eigenvalue weighted by Crippen LogP contribution is -2.24. The molecule has 0 aliphatic rings. The van der Waals surface area contributed by atoms with Crippen LogP contribution in [-0.2, 0) is 26.1 Å². The van der Waals surface area contributed by atoms with Crippen molar-refractivity contribution in [3.8, 4) is 11.5 Å². The zero-order valence-electron chi connectivity index (χ0n) is 14.6. The van der Waals surface area contributed by atoms with Crippen molar-refractivity contribution < 1.29 is 45.9 Å². The van der Waals surface area contributed by atoms with Crippen molar-refractivity contribution in [3.05, 3.63) is 62.7 Å². The van der Waals surface area contributed by atoms with E-state index < -0.39 is 48.9 Å². The highest BCUT2D eigenvalue weighted by atomic mass is 35.5. The highest BCUT2D eigenvalue weighted by Crippen LogP contribution is 2.37. The second-order valence-electron chi connectivity index (χ2n) is 5.49. The Labute approximate surface area is 171 Å². The minimum Gasteiger partial charge on any atom is -0.456 e. The van der Waals surface area contributed by atoms with Crippen molar-refractivity contribution in [2.45, 2.75) is 6.18 Å². The van der Waals surface area contributed by atoms with Crippen LogP contribution in [0.3, 0.4) is 0 Å². The lowest BCUT2D eigenvalue weighted by Gasteiger charge is -2.12. The Morgan fingerprint density at radius 1 is 1.20 bits per heavy atom. The highest BCUT2D eigenvalue weighted by Gasteiger charge is 2.31. The van der Waals surface area contributed by atoms with Crippen molar-refractivity contribution in [2.75, 3.05) is 6.26 Å². The van der Waals surface area contributed by atoms with Crippen LogP contribution in [0.25, 0.3) is 0 Å². The molecular formula is C15H10ClF3N2O8S. The maximum Gasteiger partial charge on any atom is 0.416 e. The number of hydrogen-bond donors (Lipinski definition) is 1. The van der Waals surface area contributed by atoms with Crippen LogP contribution in [0.4, 0.5) is 18.9 Å². The third kappa shape index (κ3) is 6.28. The summed E-state index contributed by atoms with van der Waals surface area (Å²) < 4.78 is 65.1. The van der Waals surface area contributed by atoms with Crippen molar-refractivity contribution in [1.29, 1.82) is 0 Å². The zero-order chi connectivity index (χ0) is 22.7. The molecule has 0 atom stereocenters. The Balaban J connectivity index is 2.29. The number of halogens is 4. The summed E-state index contributed by atoms with van der Waals surface area (Å²) in [6.45, 7) is 0. The van der Waals surface area contributed by atoms with Crippen LogP contribution in [0.15, 0.2) is 36.4 Å². The van der Waals surface area contributed by atoms with Crippen LogP contribution in [-0.4, -0.2) is 25.6 Å². The predicted octanol–water partition coefficient (Wildman–Crippen LogP) is 3.61. The van der Waals surface area contributed by atoms with Crippen molar-refractivity contribution in [3.63, 3.8) is 0 Å². The summed E-state index contributed by atoms with van der Waals surface area (Å²) in [5.41, 5.74) is -2.46. The number of nitro benzene ring substituents is 1. The van der Waals surface area contributed by atoms with Gasteiger partial charge in [0.25, 0.3) is 5.69 Å². The van der Waals surface area contributed by atoms with E-state index in [2.05, 4.69) is 9.88 Å². The maximum atomic E-state index is 12.7. The smallest absolute Gasteiger partial charge is 0.416 e. The maximum absolute atomic E-state index is 12.7. The third-order valence-electron chi connectivity index (χ3n) is 3.17. The van der Waals surface area contributed by atoms with Gasteiger partial charge in [0.15, 0.2) is 0 Å². The fraction of sp³-hybridized carbons (Fsp3) is 0.133. The molecule has 30 heavy (non-hydrogen) atoms. The number of benzene rings is 2. The standard InChI is InChI=1S/C15H10ClF3N2O8S/c1-30(25,26)20-29-28-14(22)10-7-9(3-4-12(10)21(23)24)27-13-5-2-8(6-11(13)16)15(17,18)19/h2-7,20H,1H3. The van der Waals surface area contributed by atoms with Crippen LogP contribution in [0.2, 0.25) is 5.02 Å². The van der Waals surface area contributed by atoms with E-state index >= 15 is 0 Å². The number of carbonyl (C=O) groups excluding carboxylic acids is 1. The Bertz CT molecular complexity index is 1090. The number of sulfonamides is 1. The summed E-state index contributed by atoms with van der Waals surface area (Å²) in [6.07, 6.45) is -3.95. The lowest BCUT2D eigenvalue weighted by atomic mass is 10.1. The molecule has 0 saturated heterocycles. The molecule has 2 aromatic rings. The van der Waals surface area contributed by atoms with Crippen LogP contribution >= 0.6 is 11.6 Å². The van der Waals surface area contributed by atoms with Gasteiger partial charge in [0.05, 0.1) is 21.8 Å². The van der Waals surface area contributed by atoms with E-state index in [-0.39, 0.29) is 11.5 Å². The normalized spacial score (nSPS) is 11.8. The molecule has 0 spiro atoms. The van der Waals surface area contributed by atoms with Crippen LogP contribution < -0.4 is 9.62 Å². The van der Waals surface area contributed by atoms with E-state index in [9.17, 15) is 36.5 Å². The molecule has 2 aromatic carbocycles. The molecule has 0 bridgehead atoms. The van der Waals surface area contributed by atoms with Gasteiger partial charge in [-0.1, -0.05) is 21.5 Å². The van der Waals surface area contributed by atoms with Crippen molar-refractivity contribution >= 4 is 33.3 Å².